The SMILES string of the molecule is Cc1[c]cc2cnn(C)c2c1. The van der Waals surface area contributed by atoms with Gasteiger partial charge < -0.3 is 0 Å². The maximum absolute atomic E-state index is 4.13. The highest BCUT2D eigenvalue weighted by atomic mass is 15.2. The van der Waals surface area contributed by atoms with Crippen molar-refractivity contribution in [1.82, 2.24) is 9.78 Å². The lowest BCUT2D eigenvalue weighted by Crippen LogP contribution is -1.88. The molecule has 2 aromatic rings. The van der Waals surface area contributed by atoms with Crippen molar-refractivity contribution in [3.63, 3.8) is 0 Å². The second-order valence-corrected chi connectivity index (χ2v) is 2.72. The third-order valence-corrected chi connectivity index (χ3v) is 1.82. The summed E-state index contributed by atoms with van der Waals surface area (Å²) in [6.45, 7) is 2.03. The Hall–Kier alpha value is -1.31. The van der Waals surface area contributed by atoms with Crippen LogP contribution in [0.2, 0.25) is 0 Å². The Balaban J connectivity index is 2.87. The molecule has 0 unspecified atom stereocenters. The topological polar surface area (TPSA) is 17.8 Å². The molecule has 0 bridgehead atoms. The molecule has 0 aliphatic carbocycles. The lowest BCUT2D eigenvalue weighted by molar-refractivity contribution is 0.796. The normalized spacial score (nSPS) is 10.7. The standard InChI is InChI=1S/C9H9N2/c1-7-3-4-8-6-10-11(2)9(8)5-7/h4-6H,1-2H3. The Bertz CT molecular complexity index is 387. The molecule has 0 atom stereocenters. The Morgan fingerprint density at radius 2 is 2.36 bits per heavy atom. The molecule has 11 heavy (non-hydrogen) atoms. The molecule has 0 spiro atoms. The summed E-state index contributed by atoms with van der Waals surface area (Å²) in [4.78, 5) is 0. The van der Waals surface area contributed by atoms with Gasteiger partial charge in [-0.15, -0.1) is 0 Å². The van der Waals surface area contributed by atoms with Crippen molar-refractivity contribution in [3.05, 3.63) is 30.0 Å². The van der Waals surface area contributed by atoms with E-state index in [4.69, 9.17) is 0 Å². The summed E-state index contributed by atoms with van der Waals surface area (Å²) in [5.41, 5.74) is 2.32. The van der Waals surface area contributed by atoms with E-state index in [9.17, 15) is 0 Å². The summed E-state index contributed by atoms with van der Waals surface area (Å²) < 4.78 is 1.87. The average Bonchev–Trinajstić information content (AvgIpc) is 2.33. The Morgan fingerprint density at radius 1 is 1.55 bits per heavy atom. The molecule has 1 aromatic carbocycles. The predicted octanol–water partition coefficient (Wildman–Crippen LogP) is 1.68. The van der Waals surface area contributed by atoms with Gasteiger partial charge in [-0.3, -0.25) is 4.68 Å². The first kappa shape index (κ1) is 6.40. The van der Waals surface area contributed by atoms with Crippen LogP contribution in [0.25, 0.3) is 10.9 Å². The van der Waals surface area contributed by atoms with E-state index >= 15 is 0 Å². The maximum Gasteiger partial charge on any atom is 0.0682 e. The number of fused-ring (bicyclic) bond motifs is 1. The molecule has 0 saturated carbocycles. The van der Waals surface area contributed by atoms with Gasteiger partial charge in [-0.2, -0.15) is 5.10 Å². The van der Waals surface area contributed by atoms with Crippen molar-refractivity contribution >= 4 is 10.9 Å². The molecule has 2 heteroatoms. The first-order valence-electron chi connectivity index (χ1n) is 3.57. The van der Waals surface area contributed by atoms with Crippen LogP contribution in [0.5, 0.6) is 0 Å². The highest BCUT2D eigenvalue weighted by Crippen LogP contribution is 2.12. The number of aryl methyl sites for hydroxylation is 2. The quantitative estimate of drug-likeness (QED) is 0.551. The number of rotatable bonds is 0. The summed E-state index contributed by atoms with van der Waals surface area (Å²) in [5.74, 6) is 0. The highest BCUT2D eigenvalue weighted by Gasteiger charge is 1.97. The van der Waals surface area contributed by atoms with Crippen molar-refractivity contribution in [3.8, 4) is 0 Å². The molecular weight excluding hydrogens is 136 g/mol. The molecule has 0 aliphatic heterocycles. The van der Waals surface area contributed by atoms with E-state index in [-0.39, 0.29) is 0 Å². The summed E-state index contributed by atoms with van der Waals surface area (Å²) >= 11 is 0. The molecule has 0 amide bonds. The zero-order valence-electron chi connectivity index (χ0n) is 6.63. The molecule has 0 saturated heterocycles. The number of benzene rings is 1. The van der Waals surface area contributed by atoms with E-state index < -0.39 is 0 Å². The van der Waals surface area contributed by atoms with Crippen molar-refractivity contribution in [2.45, 2.75) is 6.92 Å². The van der Waals surface area contributed by atoms with Crippen molar-refractivity contribution in [1.29, 1.82) is 0 Å². The molecule has 2 rings (SSSR count). The van der Waals surface area contributed by atoms with Crippen LogP contribution in [0.15, 0.2) is 18.3 Å². The Labute approximate surface area is 65.5 Å². The van der Waals surface area contributed by atoms with E-state index in [2.05, 4.69) is 17.2 Å². The summed E-state index contributed by atoms with van der Waals surface area (Å²) in [7, 11) is 1.95. The molecule has 0 N–H and O–H groups in total. The second-order valence-electron chi connectivity index (χ2n) is 2.72. The van der Waals surface area contributed by atoms with Gasteiger partial charge in [0.25, 0.3) is 0 Å². The molecule has 55 valence electrons. The molecule has 1 radical (unpaired) electrons. The van der Waals surface area contributed by atoms with Crippen LogP contribution < -0.4 is 0 Å². The molecular formula is C9H9N2. The fourth-order valence-electron chi connectivity index (χ4n) is 1.19. The number of aromatic nitrogens is 2. The number of hydrogen-bond acceptors (Lipinski definition) is 1. The number of hydrogen-bond donors (Lipinski definition) is 0. The van der Waals surface area contributed by atoms with E-state index in [1.807, 2.05) is 30.9 Å². The average molecular weight is 145 g/mol. The zero-order valence-corrected chi connectivity index (χ0v) is 6.63. The van der Waals surface area contributed by atoms with Gasteiger partial charge in [0, 0.05) is 12.4 Å². The van der Waals surface area contributed by atoms with Crippen LogP contribution in [0.3, 0.4) is 0 Å². The van der Waals surface area contributed by atoms with Crippen LogP contribution in [-0.2, 0) is 7.05 Å². The zero-order chi connectivity index (χ0) is 7.84. The van der Waals surface area contributed by atoms with Crippen LogP contribution >= 0.6 is 0 Å². The molecule has 0 fully saturated rings. The van der Waals surface area contributed by atoms with Gasteiger partial charge in [-0.1, -0.05) is 0 Å². The van der Waals surface area contributed by atoms with Crippen molar-refractivity contribution in [2.75, 3.05) is 0 Å². The van der Waals surface area contributed by atoms with Gasteiger partial charge in [-0.05, 0) is 30.7 Å². The lowest BCUT2D eigenvalue weighted by atomic mass is 10.2. The van der Waals surface area contributed by atoms with Gasteiger partial charge in [-0.25, -0.2) is 0 Å². The van der Waals surface area contributed by atoms with E-state index in [1.165, 1.54) is 5.52 Å². The van der Waals surface area contributed by atoms with Crippen molar-refractivity contribution in [2.24, 2.45) is 7.05 Å². The number of nitrogens with zero attached hydrogens (tertiary/aromatic N) is 2. The third-order valence-electron chi connectivity index (χ3n) is 1.82. The second kappa shape index (κ2) is 2.09. The summed E-state index contributed by atoms with van der Waals surface area (Å²) in [6.07, 6.45) is 1.85. The smallest absolute Gasteiger partial charge is 0.0682 e. The molecule has 1 aromatic heterocycles. The van der Waals surface area contributed by atoms with Gasteiger partial charge in [0.05, 0.1) is 11.7 Å². The highest BCUT2D eigenvalue weighted by molar-refractivity contribution is 5.78. The fourth-order valence-corrected chi connectivity index (χ4v) is 1.19. The first-order chi connectivity index (χ1) is 5.27. The monoisotopic (exact) mass is 145 g/mol. The predicted molar refractivity (Wildman–Crippen MR) is 44.3 cm³/mol. The minimum atomic E-state index is 1.15. The minimum absolute atomic E-state index is 1.15. The molecule has 0 aliphatic rings. The van der Waals surface area contributed by atoms with Gasteiger partial charge in [0.2, 0.25) is 0 Å². The largest absolute Gasteiger partial charge is 0.268 e. The van der Waals surface area contributed by atoms with E-state index in [0.717, 1.165) is 10.9 Å². The maximum atomic E-state index is 4.13. The first-order valence-corrected chi connectivity index (χ1v) is 3.57. The van der Waals surface area contributed by atoms with Gasteiger partial charge >= 0.3 is 0 Å². The minimum Gasteiger partial charge on any atom is -0.268 e. The third kappa shape index (κ3) is 0.909. The van der Waals surface area contributed by atoms with Crippen molar-refractivity contribution < 1.29 is 0 Å². The Morgan fingerprint density at radius 3 is 3.18 bits per heavy atom. The van der Waals surface area contributed by atoms with Crippen LogP contribution in [0.4, 0.5) is 0 Å². The van der Waals surface area contributed by atoms with E-state index in [1.54, 1.807) is 0 Å². The fraction of sp³-hybridized carbons (Fsp3) is 0.222. The summed E-state index contributed by atoms with van der Waals surface area (Å²) in [5, 5.41) is 5.28. The van der Waals surface area contributed by atoms with E-state index in [0.29, 0.717) is 0 Å². The van der Waals surface area contributed by atoms with Crippen LogP contribution in [0, 0.1) is 13.0 Å². The molecule has 2 nitrogen and oxygen atoms in total. The molecule has 1 heterocycles. The van der Waals surface area contributed by atoms with Crippen LogP contribution in [-0.4, -0.2) is 9.78 Å². The van der Waals surface area contributed by atoms with Crippen LogP contribution in [0.1, 0.15) is 5.56 Å². The summed E-state index contributed by atoms with van der Waals surface area (Å²) in [6, 6.07) is 7.19. The lowest BCUT2D eigenvalue weighted by Gasteiger charge is -1.94. The van der Waals surface area contributed by atoms with Gasteiger partial charge in [0.15, 0.2) is 0 Å². The Kier molecular flexibility index (Phi) is 1.22. The van der Waals surface area contributed by atoms with Gasteiger partial charge in [0.1, 0.15) is 0 Å².